The second-order valence-corrected chi connectivity index (χ2v) is 8.46. The van der Waals surface area contributed by atoms with Crippen LogP contribution in [-0.4, -0.2) is 37.0 Å². The van der Waals surface area contributed by atoms with Gasteiger partial charge < -0.3 is 4.74 Å². The summed E-state index contributed by atoms with van der Waals surface area (Å²) in [7, 11) is 1.56. The van der Waals surface area contributed by atoms with Gasteiger partial charge in [0.2, 0.25) is 11.8 Å². The quantitative estimate of drug-likeness (QED) is 0.474. The summed E-state index contributed by atoms with van der Waals surface area (Å²) in [6, 6.07) is 9.26. The van der Waals surface area contributed by atoms with Crippen LogP contribution in [0.1, 0.15) is 43.1 Å². The number of pyridine rings is 2. The first kappa shape index (κ1) is 21.1. The van der Waals surface area contributed by atoms with Crippen molar-refractivity contribution in [2.45, 2.75) is 45.6 Å². The van der Waals surface area contributed by atoms with E-state index < -0.39 is 0 Å². The Bertz CT molecular complexity index is 1410. The van der Waals surface area contributed by atoms with Crippen LogP contribution >= 0.6 is 0 Å². The molecule has 5 rings (SSSR count). The molecule has 1 aliphatic carbocycles. The number of ketones is 1. The Kier molecular flexibility index (Phi) is 5.28. The van der Waals surface area contributed by atoms with Crippen molar-refractivity contribution in [3.05, 3.63) is 64.5 Å². The standard InChI is InChI=1S/C25H25N5O3/c1-15-5-4-12-29(15)25-27-16(2)20-13-21(17-6-11-22(33-3)26-14-17)24(32)30(23(20)28-25)18-7-9-19(31)10-8-18/h4-6,11-14,18H,7-10H2,1-3H3. The maximum atomic E-state index is 13.8. The summed E-state index contributed by atoms with van der Waals surface area (Å²) >= 11 is 0. The molecule has 8 heteroatoms. The number of ether oxygens (including phenoxy) is 1. The smallest absolute Gasteiger partial charge is 0.260 e. The Balaban J connectivity index is 1.77. The molecule has 0 aromatic carbocycles. The summed E-state index contributed by atoms with van der Waals surface area (Å²) in [4.78, 5) is 39.6. The maximum Gasteiger partial charge on any atom is 0.260 e. The summed E-state index contributed by atoms with van der Waals surface area (Å²) in [5, 5.41) is 0.811. The number of rotatable bonds is 4. The highest BCUT2D eigenvalue weighted by Gasteiger charge is 2.26. The first-order valence-corrected chi connectivity index (χ1v) is 11.1. The van der Waals surface area contributed by atoms with E-state index in [1.54, 1.807) is 23.9 Å². The molecule has 33 heavy (non-hydrogen) atoms. The van der Waals surface area contributed by atoms with Crippen LogP contribution in [0, 0.1) is 13.8 Å². The van der Waals surface area contributed by atoms with Gasteiger partial charge in [-0.3, -0.25) is 18.7 Å². The largest absolute Gasteiger partial charge is 0.481 e. The number of methoxy groups -OCH3 is 1. The summed E-state index contributed by atoms with van der Waals surface area (Å²) in [5.74, 6) is 1.26. The van der Waals surface area contributed by atoms with Gasteiger partial charge in [0.1, 0.15) is 11.4 Å². The van der Waals surface area contributed by atoms with Crippen LogP contribution in [0.3, 0.4) is 0 Å². The summed E-state index contributed by atoms with van der Waals surface area (Å²) < 4.78 is 8.85. The first-order valence-electron chi connectivity index (χ1n) is 11.1. The fraction of sp³-hybridized carbons (Fsp3) is 0.320. The molecule has 0 saturated heterocycles. The molecular weight excluding hydrogens is 418 g/mol. The van der Waals surface area contributed by atoms with Gasteiger partial charge >= 0.3 is 0 Å². The van der Waals surface area contributed by atoms with Crippen molar-refractivity contribution in [2.24, 2.45) is 0 Å². The molecule has 0 spiro atoms. The molecule has 0 aliphatic heterocycles. The lowest BCUT2D eigenvalue weighted by Crippen LogP contribution is -2.30. The monoisotopic (exact) mass is 443 g/mol. The van der Waals surface area contributed by atoms with Crippen molar-refractivity contribution >= 4 is 16.8 Å². The van der Waals surface area contributed by atoms with Gasteiger partial charge in [0.25, 0.3) is 5.56 Å². The van der Waals surface area contributed by atoms with Crippen LogP contribution in [0.15, 0.2) is 47.5 Å². The first-order chi connectivity index (χ1) is 16.0. The predicted octanol–water partition coefficient (Wildman–Crippen LogP) is 3.95. The molecular formula is C25H25N5O3. The number of hydrogen-bond donors (Lipinski definition) is 0. The van der Waals surface area contributed by atoms with E-state index in [-0.39, 0.29) is 17.4 Å². The Morgan fingerprint density at radius 3 is 2.48 bits per heavy atom. The molecule has 4 aromatic heterocycles. The normalized spacial score (nSPS) is 14.7. The predicted molar refractivity (Wildman–Crippen MR) is 125 cm³/mol. The third-order valence-electron chi connectivity index (χ3n) is 6.37. The number of fused-ring (bicyclic) bond motifs is 1. The number of aromatic nitrogens is 5. The van der Waals surface area contributed by atoms with Crippen molar-refractivity contribution in [1.29, 1.82) is 0 Å². The van der Waals surface area contributed by atoms with E-state index in [4.69, 9.17) is 14.7 Å². The zero-order valence-electron chi connectivity index (χ0n) is 18.9. The molecule has 4 aromatic rings. The van der Waals surface area contributed by atoms with E-state index in [9.17, 15) is 9.59 Å². The highest BCUT2D eigenvalue weighted by molar-refractivity contribution is 5.84. The summed E-state index contributed by atoms with van der Waals surface area (Å²) in [5.41, 5.74) is 3.49. The highest BCUT2D eigenvalue weighted by Crippen LogP contribution is 2.31. The molecule has 1 aliphatic rings. The van der Waals surface area contributed by atoms with E-state index in [0.29, 0.717) is 54.3 Å². The average Bonchev–Trinajstić information content (AvgIpc) is 3.25. The average molecular weight is 444 g/mol. The van der Waals surface area contributed by atoms with Gasteiger partial charge in [0.05, 0.1) is 12.8 Å². The summed E-state index contributed by atoms with van der Waals surface area (Å²) in [6.45, 7) is 3.92. The summed E-state index contributed by atoms with van der Waals surface area (Å²) in [6.07, 6.45) is 5.75. The maximum absolute atomic E-state index is 13.8. The number of aryl methyl sites for hydroxylation is 2. The van der Waals surface area contributed by atoms with Crippen LogP contribution in [0.25, 0.3) is 28.1 Å². The minimum atomic E-state index is -0.137. The molecule has 4 heterocycles. The lowest BCUT2D eigenvalue weighted by atomic mass is 9.93. The van der Waals surface area contributed by atoms with Gasteiger partial charge in [0, 0.05) is 59.6 Å². The lowest BCUT2D eigenvalue weighted by molar-refractivity contribution is -0.120. The number of hydrogen-bond acceptors (Lipinski definition) is 6. The van der Waals surface area contributed by atoms with Crippen molar-refractivity contribution in [3.63, 3.8) is 0 Å². The van der Waals surface area contributed by atoms with Crippen LogP contribution in [0.2, 0.25) is 0 Å². The van der Waals surface area contributed by atoms with E-state index in [2.05, 4.69) is 4.98 Å². The van der Waals surface area contributed by atoms with Crippen LogP contribution in [0.4, 0.5) is 0 Å². The third kappa shape index (κ3) is 3.71. The molecule has 1 saturated carbocycles. The van der Waals surface area contributed by atoms with E-state index in [1.165, 1.54) is 0 Å². The SMILES string of the molecule is COc1ccc(-c2cc3c(C)nc(-n4cccc4C)nc3n(C3CCC(=O)CC3)c2=O)cn1. The van der Waals surface area contributed by atoms with Crippen LogP contribution < -0.4 is 10.3 Å². The van der Waals surface area contributed by atoms with Gasteiger partial charge in [-0.05, 0) is 51.0 Å². The van der Waals surface area contributed by atoms with Crippen molar-refractivity contribution in [3.8, 4) is 23.0 Å². The van der Waals surface area contributed by atoms with Gasteiger partial charge in [-0.1, -0.05) is 0 Å². The molecule has 0 bridgehead atoms. The molecule has 1 fully saturated rings. The number of carbonyl (C=O) groups excluding carboxylic acids is 1. The fourth-order valence-corrected chi connectivity index (χ4v) is 4.52. The zero-order chi connectivity index (χ0) is 23.1. The molecule has 8 nitrogen and oxygen atoms in total. The Morgan fingerprint density at radius 2 is 1.85 bits per heavy atom. The van der Waals surface area contributed by atoms with Gasteiger partial charge in [-0.15, -0.1) is 0 Å². The minimum Gasteiger partial charge on any atom is -0.481 e. The number of Topliss-reactive ketones (excluding diaryl/α,β-unsaturated/α-hetero) is 1. The van der Waals surface area contributed by atoms with Crippen molar-refractivity contribution in [2.75, 3.05) is 7.11 Å². The van der Waals surface area contributed by atoms with Crippen molar-refractivity contribution in [1.82, 2.24) is 24.1 Å². The van der Waals surface area contributed by atoms with Crippen molar-refractivity contribution < 1.29 is 9.53 Å². The molecule has 0 atom stereocenters. The highest BCUT2D eigenvalue weighted by atomic mass is 16.5. The molecule has 0 unspecified atom stereocenters. The van der Waals surface area contributed by atoms with E-state index in [0.717, 1.165) is 16.8 Å². The van der Waals surface area contributed by atoms with Crippen LogP contribution in [-0.2, 0) is 4.79 Å². The lowest BCUT2D eigenvalue weighted by Gasteiger charge is -2.25. The number of nitrogens with zero attached hydrogens (tertiary/aromatic N) is 5. The fourth-order valence-electron chi connectivity index (χ4n) is 4.52. The molecule has 0 amide bonds. The third-order valence-corrected chi connectivity index (χ3v) is 6.37. The molecule has 0 radical (unpaired) electrons. The topological polar surface area (TPSA) is 91.9 Å². The second kappa shape index (κ2) is 8.27. The second-order valence-electron chi connectivity index (χ2n) is 8.46. The Labute approximate surface area is 190 Å². The Hall–Kier alpha value is -3.81. The molecule has 0 N–H and O–H groups in total. The number of carbonyl (C=O) groups is 1. The van der Waals surface area contributed by atoms with E-state index >= 15 is 0 Å². The Morgan fingerprint density at radius 1 is 1.06 bits per heavy atom. The van der Waals surface area contributed by atoms with Crippen LogP contribution in [0.5, 0.6) is 5.88 Å². The van der Waals surface area contributed by atoms with Gasteiger partial charge in [0.15, 0.2) is 0 Å². The molecule has 168 valence electrons. The van der Waals surface area contributed by atoms with E-state index in [1.807, 2.05) is 48.9 Å². The van der Waals surface area contributed by atoms with Gasteiger partial charge in [-0.2, -0.15) is 4.98 Å². The minimum absolute atomic E-state index is 0.100. The van der Waals surface area contributed by atoms with Gasteiger partial charge in [-0.25, -0.2) is 9.97 Å². The zero-order valence-corrected chi connectivity index (χ0v) is 18.9.